The number of amides is 1. The molecule has 0 radical (unpaired) electrons. The molecule has 8 nitrogen and oxygen atoms in total. The van der Waals surface area contributed by atoms with Crippen molar-refractivity contribution in [1.29, 1.82) is 0 Å². The van der Waals surface area contributed by atoms with Gasteiger partial charge in [-0.3, -0.25) is 4.79 Å². The van der Waals surface area contributed by atoms with E-state index in [1.165, 1.54) is 45.3 Å². The highest BCUT2D eigenvalue weighted by atomic mass is 32.2. The summed E-state index contributed by atoms with van der Waals surface area (Å²) in [7, 11) is -0.842. The molecule has 0 aliphatic rings. The zero-order valence-corrected chi connectivity index (χ0v) is 17.7. The van der Waals surface area contributed by atoms with Gasteiger partial charge in [0.05, 0.1) is 4.90 Å². The second kappa shape index (κ2) is 8.62. The lowest BCUT2D eigenvalue weighted by atomic mass is 10.1. The maximum absolute atomic E-state index is 12.5. The maximum Gasteiger partial charge on any atom is 0.342 e. The van der Waals surface area contributed by atoms with E-state index in [0.717, 1.165) is 9.87 Å². The van der Waals surface area contributed by atoms with E-state index in [1.807, 2.05) is 0 Å². The van der Waals surface area contributed by atoms with Crippen molar-refractivity contribution >= 4 is 27.6 Å². The predicted octanol–water partition coefficient (Wildman–Crippen LogP) is 2.44. The number of carbonyl (C=O) groups excluding carboxylic acids is 2. The Morgan fingerprint density at radius 2 is 1.76 bits per heavy atom. The van der Waals surface area contributed by atoms with Gasteiger partial charge in [0.25, 0.3) is 5.91 Å². The van der Waals surface area contributed by atoms with Crippen LogP contribution in [-0.4, -0.2) is 49.9 Å². The van der Waals surface area contributed by atoms with Crippen molar-refractivity contribution in [1.82, 2.24) is 4.31 Å². The highest BCUT2D eigenvalue weighted by molar-refractivity contribution is 7.89. The minimum absolute atomic E-state index is 0.0257. The predicted molar refractivity (Wildman–Crippen MR) is 108 cm³/mol. The van der Waals surface area contributed by atoms with Gasteiger partial charge in [0, 0.05) is 19.8 Å². The third-order valence-electron chi connectivity index (χ3n) is 4.27. The molecule has 0 heterocycles. The van der Waals surface area contributed by atoms with Crippen molar-refractivity contribution in [2.24, 2.45) is 0 Å². The Morgan fingerprint density at radius 3 is 2.38 bits per heavy atom. The summed E-state index contributed by atoms with van der Waals surface area (Å²) >= 11 is 0. The fourth-order valence-corrected chi connectivity index (χ4v) is 3.36. The number of hydrogen-bond donors (Lipinski definition) is 2. The Labute approximate surface area is 170 Å². The first kappa shape index (κ1) is 22.4. The van der Waals surface area contributed by atoms with Crippen molar-refractivity contribution in [3.63, 3.8) is 0 Å². The monoisotopic (exact) mass is 420 g/mol. The number of rotatable bonds is 6. The summed E-state index contributed by atoms with van der Waals surface area (Å²) in [6.07, 6.45) is -1.17. The maximum atomic E-state index is 12.5. The van der Waals surface area contributed by atoms with Crippen molar-refractivity contribution in [2.45, 2.75) is 31.8 Å². The van der Waals surface area contributed by atoms with Gasteiger partial charge in [-0.05, 0) is 50.6 Å². The summed E-state index contributed by atoms with van der Waals surface area (Å²) in [5.41, 5.74) is 1.64. The van der Waals surface area contributed by atoms with Gasteiger partial charge in [0.15, 0.2) is 6.10 Å². The number of carbonyl (C=O) groups is 2. The fraction of sp³-hybridized carbons (Fsp3) is 0.300. The van der Waals surface area contributed by atoms with E-state index in [9.17, 15) is 23.1 Å². The number of phenolic OH excluding ortho intramolecular Hbond substituents is 1. The van der Waals surface area contributed by atoms with Crippen LogP contribution in [0.25, 0.3) is 0 Å². The van der Waals surface area contributed by atoms with E-state index in [0.29, 0.717) is 11.3 Å². The molecular formula is C20H24N2O6S. The molecule has 0 fully saturated rings. The quantitative estimate of drug-likeness (QED) is 0.694. The molecule has 156 valence electrons. The van der Waals surface area contributed by atoms with Crippen molar-refractivity contribution in [2.75, 3.05) is 19.4 Å². The number of nitrogens with zero attached hydrogens (tertiary/aromatic N) is 1. The van der Waals surface area contributed by atoms with Crippen LogP contribution in [0, 0.1) is 13.8 Å². The SMILES string of the molecule is Cc1ccc(O)c(C(=O)OC(C)C(=O)Nc2cc(S(=O)(=O)N(C)C)ccc2C)c1. The minimum Gasteiger partial charge on any atom is -0.507 e. The number of aryl methyl sites for hydroxylation is 2. The van der Waals surface area contributed by atoms with Gasteiger partial charge in [0.2, 0.25) is 10.0 Å². The van der Waals surface area contributed by atoms with Gasteiger partial charge in [-0.2, -0.15) is 0 Å². The van der Waals surface area contributed by atoms with Gasteiger partial charge in [-0.1, -0.05) is 17.7 Å². The van der Waals surface area contributed by atoms with Crippen LogP contribution in [-0.2, 0) is 19.6 Å². The normalized spacial score (nSPS) is 12.5. The van der Waals surface area contributed by atoms with Gasteiger partial charge in [-0.25, -0.2) is 17.5 Å². The second-order valence-corrected chi connectivity index (χ2v) is 8.97. The van der Waals surface area contributed by atoms with Gasteiger partial charge >= 0.3 is 5.97 Å². The summed E-state index contributed by atoms with van der Waals surface area (Å²) in [5.74, 6) is -1.71. The van der Waals surface area contributed by atoms with E-state index in [2.05, 4.69) is 5.32 Å². The number of esters is 1. The Hall–Kier alpha value is -2.91. The summed E-state index contributed by atoms with van der Waals surface area (Å²) in [4.78, 5) is 24.8. The zero-order valence-electron chi connectivity index (χ0n) is 16.9. The molecule has 0 aliphatic carbocycles. The van der Waals surface area contributed by atoms with Crippen LogP contribution in [0.4, 0.5) is 5.69 Å². The highest BCUT2D eigenvalue weighted by Crippen LogP contribution is 2.23. The number of benzene rings is 2. The molecule has 2 rings (SSSR count). The van der Waals surface area contributed by atoms with E-state index >= 15 is 0 Å². The number of phenols is 1. The topological polar surface area (TPSA) is 113 Å². The number of aromatic hydroxyl groups is 1. The first-order valence-corrected chi connectivity index (χ1v) is 10.2. The lowest BCUT2D eigenvalue weighted by Gasteiger charge is -2.17. The first-order chi connectivity index (χ1) is 13.4. The number of sulfonamides is 1. The lowest BCUT2D eigenvalue weighted by molar-refractivity contribution is -0.123. The minimum atomic E-state index is -3.67. The Balaban J connectivity index is 2.17. The molecule has 1 amide bonds. The molecule has 0 aliphatic heterocycles. The van der Waals surface area contributed by atoms with Gasteiger partial charge < -0.3 is 15.2 Å². The molecule has 0 aromatic heterocycles. The highest BCUT2D eigenvalue weighted by Gasteiger charge is 2.23. The zero-order chi connectivity index (χ0) is 21.9. The molecular weight excluding hydrogens is 396 g/mol. The molecule has 0 saturated carbocycles. The lowest BCUT2D eigenvalue weighted by Crippen LogP contribution is -2.30. The van der Waals surface area contributed by atoms with Gasteiger partial charge in [-0.15, -0.1) is 0 Å². The van der Waals surface area contributed by atoms with E-state index in [-0.39, 0.29) is 16.2 Å². The Kier molecular flexibility index (Phi) is 6.66. The van der Waals surface area contributed by atoms with E-state index < -0.39 is 28.0 Å². The second-order valence-electron chi connectivity index (χ2n) is 6.82. The van der Waals surface area contributed by atoms with Crippen LogP contribution in [0.5, 0.6) is 5.75 Å². The van der Waals surface area contributed by atoms with Crippen LogP contribution in [0.15, 0.2) is 41.3 Å². The standard InChI is InChI=1S/C20H24N2O6S/c1-12-6-9-18(23)16(10-12)20(25)28-14(3)19(24)21-17-11-15(8-7-13(17)2)29(26,27)22(4)5/h6-11,14,23H,1-5H3,(H,21,24). The number of nitrogens with one attached hydrogen (secondary N) is 1. The third-order valence-corrected chi connectivity index (χ3v) is 6.08. The molecule has 9 heteroatoms. The molecule has 1 unspecified atom stereocenters. The van der Waals surface area contributed by atoms with Crippen LogP contribution in [0.3, 0.4) is 0 Å². The molecule has 0 spiro atoms. The molecule has 29 heavy (non-hydrogen) atoms. The summed E-state index contributed by atoms with van der Waals surface area (Å²) in [6, 6.07) is 8.85. The number of hydrogen-bond acceptors (Lipinski definition) is 6. The van der Waals surface area contributed by atoms with Crippen molar-refractivity contribution in [3.05, 3.63) is 53.1 Å². The van der Waals surface area contributed by atoms with Crippen LogP contribution in [0.1, 0.15) is 28.4 Å². The fourth-order valence-electron chi connectivity index (χ4n) is 2.43. The number of anilines is 1. The average molecular weight is 420 g/mol. The van der Waals surface area contributed by atoms with Crippen LogP contribution in [0.2, 0.25) is 0 Å². The number of ether oxygens (including phenoxy) is 1. The molecule has 1 atom stereocenters. The molecule has 0 bridgehead atoms. The summed E-state index contributed by atoms with van der Waals surface area (Å²) < 4.78 is 30.8. The van der Waals surface area contributed by atoms with E-state index in [4.69, 9.17) is 4.74 Å². The molecule has 0 saturated heterocycles. The van der Waals surface area contributed by atoms with Crippen LogP contribution < -0.4 is 5.32 Å². The average Bonchev–Trinajstić information content (AvgIpc) is 2.64. The van der Waals surface area contributed by atoms with Crippen LogP contribution >= 0.6 is 0 Å². The Morgan fingerprint density at radius 1 is 1.10 bits per heavy atom. The van der Waals surface area contributed by atoms with E-state index in [1.54, 1.807) is 26.0 Å². The first-order valence-electron chi connectivity index (χ1n) is 8.78. The van der Waals surface area contributed by atoms with Gasteiger partial charge in [0.1, 0.15) is 11.3 Å². The smallest absolute Gasteiger partial charge is 0.342 e. The third kappa shape index (κ3) is 5.12. The largest absolute Gasteiger partial charge is 0.507 e. The summed E-state index contributed by atoms with van der Waals surface area (Å²) in [5, 5.41) is 12.4. The Bertz CT molecular complexity index is 1050. The molecule has 2 aromatic rings. The molecule has 2 N–H and O–H groups in total. The van der Waals surface area contributed by atoms with Crippen molar-refractivity contribution in [3.8, 4) is 5.75 Å². The van der Waals surface area contributed by atoms with Crippen molar-refractivity contribution < 1.29 is 27.9 Å². The molecule has 2 aromatic carbocycles. The summed E-state index contributed by atoms with van der Waals surface area (Å²) in [6.45, 7) is 4.85.